The van der Waals surface area contributed by atoms with E-state index in [1.54, 1.807) is 13.2 Å². The zero-order valence-corrected chi connectivity index (χ0v) is 11.9. The number of aryl methyl sites for hydroxylation is 1. The number of benzene rings is 2. The van der Waals surface area contributed by atoms with Gasteiger partial charge in [0, 0.05) is 5.92 Å². The first kappa shape index (κ1) is 14.4. The van der Waals surface area contributed by atoms with Gasteiger partial charge >= 0.3 is 0 Å². The van der Waals surface area contributed by atoms with Crippen LogP contribution < -0.4 is 4.74 Å². The predicted octanol–water partition coefficient (Wildman–Crippen LogP) is 4.01. The van der Waals surface area contributed by atoms with Gasteiger partial charge in [0.15, 0.2) is 0 Å². The summed E-state index contributed by atoms with van der Waals surface area (Å²) in [5, 5.41) is 10.5. The third-order valence-electron chi connectivity index (χ3n) is 3.51. The molecule has 2 heteroatoms. The first-order chi connectivity index (χ1) is 9.65. The maximum atomic E-state index is 10.5. The highest BCUT2D eigenvalue weighted by Crippen LogP contribution is 2.32. The molecule has 1 N–H and O–H groups in total. The van der Waals surface area contributed by atoms with Crippen LogP contribution in [0.3, 0.4) is 0 Å². The Kier molecular flexibility index (Phi) is 4.59. The van der Waals surface area contributed by atoms with Gasteiger partial charge in [0.25, 0.3) is 0 Å². The average Bonchev–Trinajstić information content (AvgIpc) is 2.49. The third kappa shape index (κ3) is 3.09. The van der Waals surface area contributed by atoms with Crippen molar-refractivity contribution in [2.75, 3.05) is 7.11 Å². The monoisotopic (exact) mass is 268 g/mol. The molecule has 2 atom stereocenters. The highest BCUT2D eigenvalue weighted by atomic mass is 16.5. The van der Waals surface area contributed by atoms with Crippen molar-refractivity contribution in [1.29, 1.82) is 0 Å². The van der Waals surface area contributed by atoms with Crippen LogP contribution in [0.4, 0.5) is 0 Å². The predicted molar refractivity (Wildman–Crippen MR) is 82.1 cm³/mol. The van der Waals surface area contributed by atoms with Crippen LogP contribution in [-0.4, -0.2) is 12.2 Å². The lowest BCUT2D eigenvalue weighted by molar-refractivity contribution is 0.162. The molecular formula is C18H20O2. The van der Waals surface area contributed by atoms with Gasteiger partial charge in [0.05, 0.1) is 13.2 Å². The van der Waals surface area contributed by atoms with Gasteiger partial charge < -0.3 is 9.84 Å². The fraction of sp³-hybridized carbons (Fsp3) is 0.222. The number of aliphatic hydroxyl groups excluding tert-OH is 1. The van der Waals surface area contributed by atoms with E-state index in [0.29, 0.717) is 0 Å². The van der Waals surface area contributed by atoms with Crippen molar-refractivity contribution in [3.63, 3.8) is 0 Å². The van der Waals surface area contributed by atoms with Gasteiger partial charge in [-0.25, -0.2) is 0 Å². The minimum atomic E-state index is -0.596. The largest absolute Gasteiger partial charge is 0.497 e. The summed E-state index contributed by atoms with van der Waals surface area (Å²) >= 11 is 0. The Morgan fingerprint density at radius 2 is 1.55 bits per heavy atom. The van der Waals surface area contributed by atoms with Crippen LogP contribution >= 0.6 is 0 Å². The van der Waals surface area contributed by atoms with Gasteiger partial charge in [0.1, 0.15) is 5.75 Å². The molecule has 0 spiro atoms. The summed E-state index contributed by atoms with van der Waals surface area (Å²) in [5.74, 6) is 0.671. The third-order valence-corrected chi connectivity index (χ3v) is 3.51. The topological polar surface area (TPSA) is 29.5 Å². The zero-order valence-electron chi connectivity index (χ0n) is 11.9. The smallest absolute Gasteiger partial charge is 0.118 e. The van der Waals surface area contributed by atoms with E-state index < -0.39 is 6.10 Å². The van der Waals surface area contributed by atoms with E-state index in [1.807, 2.05) is 55.5 Å². The molecule has 0 amide bonds. The van der Waals surface area contributed by atoms with Crippen molar-refractivity contribution in [3.05, 3.63) is 77.9 Å². The maximum Gasteiger partial charge on any atom is 0.118 e. The molecule has 0 radical (unpaired) electrons. The standard InChI is InChI=1S/C18H20O2/c1-4-17(14-9-11-16(20-3)12-10-14)18(19)15-7-5-13(2)6-8-15/h4-12,17-19H,1H2,2-3H3/t17-,18-/m1/s1. The molecule has 0 saturated carbocycles. The van der Waals surface area contributed by atoms with Gasteiger partial charge in [-0.15, -0.1) is 6.58 Å². The molecule has 0 bridgehead atoms. The Balaban J connectivity index is 2.26. The Bertz CT molecular complexity index is 555. The van der Waals surface area contributed by atoms with Crippen molar-refractivity contribution < 1.29 is 9.84 Å². The average molecular weight is 268 g/mol. The summed E-state index contributed by atoms with van der Waals surface area (Å²) in [7, 11) is 1.64. The fourth-order valence-corrected chi connectivity index (χ4v) is 2.24. The summed E-state index contributed by atoms with van der Waals surface area (Å²) in [6, 6.07) is 15.6. The molecular weight excluding hydrogens is 248 g/mol. The lowest BCUT2D eigenvalue weighted by Crippen LogP contribution is -2.08. The molecule has 2 aromatic rings. The molecule has 0 aliphatic rings. The first-order valence-corrected chi connectivity index (χ1v) is 6.67. The van der Waals surface area contributed by atoms with E-state index in [2.05, 4.69) is 6.58 Å². The second kappa shape index (κ2) is 6.40. The van der Waals surface area contributed by atoms with Crippen molar-refractivity contribution in [2.45, 2.75) is 18.9 Å². The second-order valence-electron chi connectivity index (χ2n) is 4.89. The Morgan fingerprint density at radius 3 is 2.05 bits per heavy atom. The molecule has 0 aliphatic carbocycles. The molecule has 104 valence electrons. The van der Waals surface area contributed by atoms with Crippen molar-refractivity contribution in [2.24, 2.45) is 0 Å². The number of hydrogen-bond acceptors (Lipinski definition) is 2. The zero-order chi connectivity index (χ0) is 14.5. The summed E-state index contributed by atoms with van der Waals surface area (Å²) in [5.41, 5.74) is 3.10. The van der Waals surface area contributed by atoms with Crippen LogP contribution in [-0.2, 0) is 0 Å². The van der Waals surface area contributed by atoms with Gasteiger partial charge in [-0.05, 0) is 30.2 Å². The van der Waals surface area contributed by atoms with Crippen LogP contribution in [0.15, 0.2) is 61.2 Å². The molecule has 0 unspecified atom stereocenters. The number of hydrogen-bond donors (Lipinski definition) is 1. The van der Waals surface area contributed by atoms with Gasteiger partial charge in [-0.1, -0.05) is 48.0 Å². The molecule has 0 saturated heterocycles. The molecule has 20 heavy (non-hydrogen) atoms. The normalized spacial score (nSPS) is 13.6. The summed E-state index contributed by atoms with van der Waals surface area (Å²) in [6.07, 6.45) is 1.19. The van der Waals surface area contributed by atoms with E-state index in [4.69, 9.17) is 4.74 Å². The number of rotatable bonds is 5. The number of methoxy groups -OCH3 is 1. The van der Waals surface area contributed by atoms with Crippen LogP contribution in [0.2, 0.25) is 0 Å². The molecule has 0 aromatic heterocycles. The minimum absolute atomic E-state index is 0.136. The van der Waals surface area contributed by atoms with Crippen LogP contribution in [0.25, 0.3) is 0 Å². The Morgan fingerprint density at radius 1 is 1.00 bits per heavy atom. The maximum absolute atomic E-state index is 10.5. The summed E-state index contributed by atoms with van der Waals surface area (Å²) in [4.78, 5) is 0. The van der Waals surface area contributed by atoms with Gasteiger partial charge in [-0.3, -0.25) is 0 Å². The van der Waals surface area contributed by atoms with E-state index in [1.165, 1.54) is 5.56 Å². The lowest BCUT2D eigenvalue weighted by Gasteiger charge is -2.21. The van der Waals surface area contributed by atoms with Crippen molar-refractivity contribution in [3.8, 4) is 5.75 Å². The molecule has 0 heterocycles. The van der Waals surface area contributed by atoms with Crippen LogP contribution in [0.5, 0.6) is 5.75 Å². The van der Waals surface area contributed by atoms with E-state index in [0.717, 1.165) is 16.9 Å². The van der Waals surface area contributed by atoms with Crippen molar-refractivity contribution >= 4 is 0 Å². The van der Waals surface area contributed by atoms with E-state index in [9.17, 15) is 5.11 Å². The summed E-state index contributed by atoms with van der Waals surface area (Å²) in [6.45, 7) is 5.89. The van der Waals surface area contributed by atoms with Crippen LogP contribution in [0, 0.1) is 6.92 Å². The van der Waals surface area contributed by atoms with E-state index in [-0.39, 0.29) is 5.92 Å². The van der Waals surface area contributed by atoms with Crippen molar-refractivity contribution in [1.82, 2.24) is 0 Å². The molecule has 2 aromatic carbocycles. The first-order valence-electron chi connectivity index (χ1n) is 6.67. The van der Waals surface area contributed by atoms with Gasteiger partial charge in [-0.2, -0.15) is 0 Å². The second-order valence-corrected chi connectivity index (χ2v) is 4.89. The Labute approximate surface area is 120 Å². The molecule has 2 nitrogen and oxygen atoms in total. The lowest BCUT2D eigenvalue weighted by atomic mass is 9.89. The van der Waals surface area contributed by atoms with E-state index >= 15 is 0 Å². The van der Waals surface area contributed by atoms with Crippen LogP contribution in [0.1, 0.15) is 28.7 Å². The fourth-order valence-electron chi connectivity index (χ4n) is 2.24. The SMILES string of the molecule is C=C[C@H](c1ccc(OC)cc1)[C@H](O)c1ccc(C)cc1. The highest BCUT2D eigenvalue weighted by Gasteiger charge is 2.19. The molecule has 2 rings (SSSR count). The molecule has 0 aliphatic heterocycles. The minimum Gasteiger partial charge on any atom is -0.497 e. The Hall–Kier alpha value is -2.06. The number of aliphatic hydroxyl groups is 1. The highest BCUT2D eigenvalue weighted by molar-refractivity contribution is 5.34. The summed E-state index contributed by atoms with van der Waals surface area (Å²) < 4.78 is 5.15. The quantitative estimate of drug-likeness (QED) is 0.830. The number of ether oxygens (including phenoxy) is 1. The molecule has 0 fully saturated rings. The van der Waals surface area contributed by atoms with Gasteiger partial charge in [0.2, 0.25) is 0 Å².